The molecule has 2 N–H and O–H groups in total. The maximum absolute atomic E-state index is 12.7. The van der Waals surface area contributed by atoms with E-state index in [-0.39, 0.29) is 16.9 Å². The fourth-order valence-electron chi connectivity index (χ4n) is 2.32. The van der Waals surface area contributed by atoms with Gasteiger partial charge >= 0.3 is 6.18 Å². The Hall–Kier alpha value is -2.48. The Labute approximate surface area is 147 Å². The predicted molar refractivity (Wildman–Crippen MR) is 92.0 cm³/mol. The van der Waals surface area contributed by atoms with E-state index in [0.717, 1.165) is 12.1 Å². The van der Waals surface area contributed by atoms with E-state index in [1.54, 1.807) is 6.07 Å². The second kappa shape index (κ2) is 7.18. The minimum atomic E-state index is -4.40. The van der Waals surface area contributed by atoms with Gasteiger partial charge < -0.3 is 20.1 Å². The van der Waals surface area contributed by atoms with E-state index in [1.165, 1.54) is 12.1 Å². The van der Waals surface area contributed by atoms with Gasteiger partial charge in [0.15, 0.2) is 16.6 Å². The standard InChI is InChI=1S/C17H15F3N2O2S/c18-17(19,20)11-4-3-5-12(8-11)22-16(25)21-9-13-10-23-14-6-1-2-7-15(14)24-13/h1-8,13H,9-10H2,(H2,21,22,25)/t13-/m1/s1. The van der Waals surface area contributed by atoms with Crippen LogP contribution in [0.25, 0.3) is 0 Å². The minimum absolute atomic E-state index is 0.210. The number of benzene rings is 2. The number of para-hydroxylation sites is 2. The van der Waals surface area contributed by atoms with Crippen LogP contribution in [0.2, 0.25) is 0 Å². The first-order chi connectivity index (χ1) is 11.9. The highest BCUT2D eigenvalue weighted by atomic mass is 32.1. The summed E-state index contributed by atoms with van der Waals surface area (Å²) < 4.78 is 49.5. The van der Waals surface area contributed by atoms with Crippen LogP contribution in [0.1, 0.15) is 5.56 Å². The smallest absolute Gasteiger partial charge is 0.416 e. The Kier molecular flexibility index (Phi) is 4.98. The van der Waals surface area contributed by atoms with Crippen molar-refractivity contribution in [2.24, 2.45) is 0 Å². The average molecular weight is 368 g/mol. The summed E-state index contributed by atoms with van der Waals surface area (Å²) in [6.45, 7) is 0.718. The van der Waals surface area contributed by atoms with E-state index in [0.29, 0.717) is 24.7 Å². The van der Waals surface area contributed by atoms with Gasteiger partial charge in [-0.15, -0.1) is 0 Å². The molecule has 0 amide bonds. The normalized spacial score (nSPS) is 16.2. The molecular formula is C17H15F3N2O2S. The summed E-state index contributed by atoms with van der Waals surface area (Å²) in [5, 5.41) is 5.87. The summed E-state index contributed by atoms with van der Waals surface area (Å²) in [5.74, 6) is 1.33. The molecule has 0 saturated carbocycles. The van der Waals surface area contributed by atoms with Crippen LogP contribution in [0.15, 0.2) is 48.5 Å². The number of alkyl halides is 3. The summed E-state index contributed by atoms with van der Waals surface area (Å²) in [6.07, 6.45) is -4.65. The van der Waals surface area contributed by atoms with Crippen molar-refractivity contribution in [3.8, 4) is 11.5 Å². The van der Waals surface area contributed by atoms with Gasteiger partial charge in [-0.25, -0.2) is 0 Å². The van der Waals surface area contributed by atoms with Gasteiger partial charge in [-0.3, -0.25) is 0 Å². The van der Waals surface area contributed by atoms with Gasteiger partial charge in [-0.05, 0) is 42.5 Å². The minimum Gasteiger partial charge on any atom is -0.486 e. The van der Waals surface area contributed by atoms with Crippen LogP contribution < -0.4 is 20.1 Å². The van der Waals surface area contributed by atoms with Crippen LogP contribution in [0.4, 0.5) is 18.9 Å². The summed E-state index contributed by atoms with van der Waals surface area (Å²) >= 11 is 5.12. The zero-order valence-electron chi connectivity index (χ0n) is 13.0. The van der Waals surface area contributed by atoms with Gasteiger partial charge in [0.2, 0.25) is 0 Å². The summed E-state index contributed by atoms with van der Waals surface area (Å²) in [4.78, 5) is 0. The number of hydrogen-bond acceptors (Lipinski definition) is 3. The van der Waals surface area contributed by atoms with Crippen LogP contribution in [0, 0.1) is 0 Å². The zero-order valence-corrected chi connectivity index (χ0v) is 13.8. The van der Waals surface area contributed by atoms with Gasteiger partial charge in [-0.2, -0.15) is 13.2 Å². The van der Waals surface area contributed by atoms with Gasteiger partial charge in [-0.1, -0.05) is 18.2 Å². The fourth-order valence-corrected chi connectivity index (χ4v) is 2.52. The van der Waals surface area contributed by atoms with Crippen molar-refractivity contribution in [3.63, 3.8) is 0 Å². The Morgan fingerprint density at radius 3 is 2.64 bits per heavy atom. The van der Waals surface area contributed by atoms with Gasteiger partial charge in [0.25, 0.3) is 0 Å². The molecule has 1 aliphatic heterocycles. The monoisotopic (exact) mass is 368 g/mol. The van der Waals surface area contributed by atoms with Crippen LogP contribution >= 0.6 is 12.2 Å². The predicted octanol–water partition coefficient (Wildman–Crippen LogP) is 3.83. The molecule has 1 atom stereocenters. The SMILES string of the molecule is FC(F)(F)c1cccc(NC(=S)NC[C@@H]2COc3ccccc3O2)c1. The Morgan fingerprint density at radius 2 is 1.88 bits per heavy atom. The molecule has 0 saturated heterocycles. The molecule has 1 aliphatic rings. The number of rotatable bonds is 3. The van der Waals surface area contributed by atoms with Crippen LogP contribution in [-0.4, -0.2) is 24.4 Å². The van der Waals surface area contributed by atoms with Crippen LogP contribution in [0.3, 0.4) is 0 Å². The Morgan fingerprint density at radius 1 is 1.12 bits per heavy atom. The lowest BCUT2D eigenvalue weighted by atomic mass is 10.2. The van der Waals surface area contributed by atoms with Gasteiger partial charge in [0.05, 0.1) is 12.1 Å². The molecule has 3 rings (SSSR count). The number of thiocarbonyl (C=S) groups is 1. The maximum Gasteiger partial charge on any atom is 0.416 e. The molecule has 0 aromatic heterocycles. The highest BCUT2D eigenvalue weighted by molar-refractivity contribution is 7.80. The lowest BCUT2D eigenvalue weighted by Crippen LogP contribution is -2.42. The van der Waals surface area contributed by atoms with Crippen molar-refractivity contribution in [3.05, 3.63) is 54.1 Å². The van der Waals surface area contributed by atoms with E-state index in [4.69, 9.17) is 21.7 Å². The van der Waals surface area contributed by atoms with E-state index in [2.05, 4.69) is 10.6 Å². The summed E-state index contributed by atoms with van der Waals surface area (Å²) in [6, 6.07) is 12.2. The highest BCUT2D eigenvalue weighted by Crippen LogP contribution is 2.31. The van der Waals surface area contributed by atoms with Crippen molar-refractivity contribution >= 4 is 23.0 Å². The average Bonchev–Trinajstić information content (AvgIpc) is 2.59. The molecule has 132 valence electrons. The molecule has 2 aromatic carbocycles. The lowest BCUT2D eigenvalue weighted by molar-refractivity contribution is -0.137. The second-order valence-corrected chi connectivity index (χ2v) is 5.82. The first-order valence-electron chi connectivity index (χ1n) is 7.52. The molecular weight excluding hydrogens is 353 g/mol. The molecule has 8 heteroatoms. The Bertz CT molecular complexity index is 768. The number of anilines is 1. The van der Waals surface area contributed by atoms with Crippen molar-refractivity contribution in [1.82, 2.24) is 5.32 Å². The van der Waals surface area contributed by atoms with E-state index < -0.39 is 11.7 Å². The summed E-state index contributed by atoms with van der Waals surface area (Å²) in [5.41, 5.74) is -0.473. The lowest BCUT2D eigenvalue weighted by Gasteiger charge is -2.27. The molecule has 0 fully saturated rings. The number of nitrogens with one attached hydrogen (secondary N) is 2. The largest absolute Gasteiger partial charge is 0.486 e. The van der Waals surface area contributed by atoms with E-state index >= 15 is 0 Å². The third-order valence-electron chi connectivity index (χ3n) is 3.51. The molecule has 0 radical (unpaired) electrons. The number of fused-ring (bicyclic) bond motifs is 1. The molecule has 4 nitrogen and oxygen atoms in total. The Balaban J connectivity index is 1.52. The van der Waals surface area contributed by atoms with E-state index in [1.807, 2.05) is 18.2 Å². The van der Waals surface area contributed by atoms with Crippen LogP contribution in [0.5, 0.6) is 11.5 Å². The van der Waals surface area contributed by atoms with E-state index in [9.17, 15) is 13.2 Å². The number of halogens is 3. The van der Waals surface area contributed by atoms with Gasteiger partial charge in [0, 0.05) is 5.69 Å². The molecule has 1 heterocycles. The van der Waals surface area contributed by atoms with Crippen molar-refractivity contribution < 1.29 is 22.6 Å². The molecule has 0 bridgehead atoms. The third-order valence-corrected chi connectivity index (χ3v) is 3.75. The number of ether oxygens (including phenoxy) is 2. The molecule has 25 heavy (non-hydrogen) atoms. The molecule has 0 unspecified atom stereocenters. The van der Waals surface area contributed by atoms with Crippen molar-refractivity contribution in [1.29, 1.82) is 0 Å². The summed E-state index contributed by atoms with van der Waals surface area (Å²) in [7, 11) is 0. The first kappa shape index (κ1) is 17.3. The highest BCUT2D eigenvalue weighted by Gasteiger charge is 2.30. The zero-order chi connectivity index (χ0) is 17.9. The molecule has 0 aliphatic carbocycles. The fraction of sp³-hybridized carbons (Fsp3) is 0.235. The quantitative estimate of drug-likeness (QED) is 0.806. The first-order valence-corrected chi connectivity index (χ1v) is 7.93. The topological polar surface area (TPSA) is 42.5 Å². The second-order valence-electron chi connectivity index (χ2n) is 5.41. The number of hydrogen-bond donors (Lipinski definition) is 2. The molecule has 2 aromatic rings. The van der Waals surface area contributed by atoms with Crippen molar-refractivity contribution in [2.75, 3.05) is 18.5 Å². The van der Waals surface area contributed by atoms with Crippen LogP contribution in [-0.2, 0) is 6.18 Å². The maximum atomic E-state index is 12.7. The molecule has 0 spiro atoms. The third kappa shape index (κ3) is 4.54. The van der Waals surface area contributed by atoms with Gasteiger partial charge in [0.1, 0.15) is 12.7 Å². The van der Waals surface area contributed by atoms with Crippen molar-refractivity contribution in [2.45, 2.75) is 12.3 Å².